The molecule has 5 nitrogen and oxygen atoms in total. The molecule has 2 N–H and O–H groups in total. The predicted molar refractivity (Wildman–Crippen MR) is 79.8 cm³/mol. The van der Waals surface area contributed by atoms with Crippen LogP contribution in [-0.2, 0) is 4.79 Å². The summed E-state index contributed by atoms with van der Waals surface area (Å²) in [6.45, 7) is 9.23. The molecule has 0 saturated carbocycles. The molecule has 110 valence electrons. The Hall–Kier alpha value is -1.65. The zero-order valence-corrected chi connectivity index (χ0v) is 12.8. The summed E-state index contributed by atoms with van der Waals surface area (Å²) >= 11 is 0. The second-order valence-corrected chi connectivity index (χ2v) is 6.07. The van der Waals surface area contributed by atoms with Gasteiger partial charge in [-0.3, -0.25) is 4.79 Å². The number of nitrogens with two attached hydrogens (primary N) is 1. The monoisotopic (exact) mass is 276 g/mol. The molecule has 0 aliphatic carbocycles. The van der Waals surface area contributed by atoms with Crippen LogP contribution in [0.3, 0.4) is 0 Å². The Morgan fingerprint density at radius 3 is 2.55 bits per heavy atom. The Labute approximate surface area is 120 Å². The Bertz CT molecular complexity index is 472. The largest absolute Gasteiger partial charge is 0.368 e. The van der Waals surface area contributed by atoms with Crippen molar-refractivity contribution in [2.45, 2.75) is 58.4 Å². The van der Waals surface area contributed by atoms with Crippen LogP contribution < -0.4 is 10.6 Å². The lowest BCUT2D eigenvalue weighted by Crippen LogP contribution is -2.41. The average Bonchev–Trinajstić information content (AvgIpc) is 2.87. The number of carbonyl (C=O) groups is 1. The van der Waals surface area contributed by atoms with Gasteiger partial charge >= 0.3 is 0 Å². The van der Waals surface area contributed by atoms with E-state index in [-0.39, 0.29) is 17.9 Å². The van der Waals surface area contributed by atoms with Crippen LogP contribution in [0.2, 0.25) is 0 Å². The van der Waals surface area contributed by atoms with Gasteiger partial charge in [-0.1, -0.05) is 27.7 Å². The number of primary amides is 1. The number of hydrogen-bond acceptors (Lipinski definition) is 4. The summed E-state index contributed by atoms with van der Waals surface area (Å²) in [5.41, 5.74) is 6.52. The first-order valence-corrected chi connectivity index (χ1v) is 7.35. The Balaban J connectivity index is 2.42. The molecule has 1 unspecified atom stereocenters. The van der Waals surface area contributed by atoms with Crippen LogP contribution >= 0.6 is 0 Å². The standard InChI is InChI=1S/C15H24N4O/c1-9(2)11-8-13(18-15(17-11)10(3)4)19-7-5-6-12(19)14(16)20/h8-10,12H,5-7H2,1-4H3,(H2,16,20). The molecule has 0 bridgehead atoms. The highest BCUT2D eigenvalue weighted by molar-refractivity contribution is 5.83. The maximum absolute atomic E-state index is 11.6. The van der Waals surface area contributed by atoms with Crippen LogP contribution in [0.1, 0.15) is 63.9 Å². The highest BCUT2D eigenvalue weighted by Gasteiger charge is 2.30. The molecule has 1 saturated heterocycles. The van der Waals surface area contributed by atoms with Crippen molar-refractivity contribution in [1.29, 1.82) is 0 Å². The molecule has 5 heteroatoms. The molecule has 0 spiro atoms. The molecule has 1 fully saturated rings. The van der Waals surface area contributed by atoms with Gasteiger partial charge in [0.2, 0.25) is 5.91 Å². The summed E-state index contributed by atoms with van der Waals surface area (Å²) < 4.78 is 0. The van der Waals surface area contributed by atoms with Crippen molar-refractivity contribution in [2.75, 3.05) is 11.4 Å². The number of aromatic nitrogens is 2. The first-order chi connectivity index (χ1) is 9.40. The van der Waals surface area contributed by atoms with E-state index in [0.29, 0.717) is 5.92 Å². The van der Waals surface area contributed by atoms with E-state index in [1.54, 1.807) is 0 Å². The fraction of sp³-hybridized carbons (Fsp3) is 0.667. The summed E-state index contributed by atoms with van der Waals surface area (Å²) in [6.07, 6.45) is 1.79. The van der Waals surface area contributed by atoms with E-state index < -0.39 is 0 Å². The molecule has 1 amide bonds. The van der Waals surface area contributed by atoms with Crippen LogP contribution in [0.15, 0.2) is 6.07 Å². The fourth-order valence-electron chi connectivity index (χ4n) is 2.51. The summed E-state index contributed by atoms with van der Waals surface area (Å²) in [4.78, 5) is 22.8. The predicted octanol–water partition coefficient (Wildman–Crippen LogP) is 2.18. The van der Waals surface area contributed by atoms with Crippen LogP contribution in [0, 0.1) is 0 Å². The molecule has 1 aliphatic rings. The van der Waals surface area contributed by atoms with E-state index in [1.807, 2.05) is 11.0 Å². The third-order valence-electron chi connectivity index (χ3n) is 3.73. The second-order valence-electron chi connectivity index (χ2n) is 6.07. The normalized spacial score (nSPS) is 19.1. The van der Waals surface area contributed by atoms with Gasteiger partial charge in [0, 0.05) is 24.2 Å². The number of nitrogens with zero attached hydrogens (tertiary/aromatic N) is 3. The molecule has 20 heavy (non-hydrogen) atoms. The topological polar surface area (TPSA) is 72.1 Å². The quantitative estimate of drug-likeness (QED) is 0.915. The summed E-state index contributed by atoms with van der Waals surface area (Å²) in [6, 6.07) is 1.77. The van der Waals surface area contributed by atoms with Crippen LogP contribution in [0.4, 0.5) is 5.82 Å². The highest BCUT2D eigenvalue weighted by atomic mass is 16.1. The van der Waals surface area contributed by atoms with Gasteiger partial charge in [-0.2, -0.15) is 0 Å². The fourth-order valence-corrected chi connectivity index (χ4v) is 2.51. The molecular formula is C15H24N4O. The first kappa shape index (κ1) is 14.8. The first-order valence-electron chi connectivity index (χ1n) is 7.35. The Kier molecular flexibility index (Phi) is 4.26. The molecule has 1 aromatic heterocycles. The molecule has 2 rings (SSSR count). The van der Waals surface area contributed by atoms with Crippen molar-refractivity contribution in [3.05, 3.63) is 17.6 Å². The van der Waals surface area contributed by atoms with Gasteiger partial charge in [-0.15, -0.1) is 0 Å². The van der Waals surface area contributed by atoms with Gasteiger partial charge < -0.3 is 10.6 Å². The van der Waals surface area contributed by atoms with Crippen molar-refractivity contribution in [1.82, 2.24) is 9.97 Å². The maximum Gasteiger partial charge on any atom is 0.240 e. The number of rotatable bonds is 4. The summed E-state index contributed by atoms with van der Waals surface area (Å²) in [5.74, 6) is 2.01. The lowest BCUT2D eigenvalue weighted by Gasteiger charge is -2.25. The van der Waals surface area contributed by atoms with E-state index in [0.717, 1.165) is 36.7 Å². The number of amides is 1. The molecular weight excluding hydrogens is 252 g/mol. The lowest BCUT2D eigenvalue weighted by atomic mass is 10.1. The van der Waals surface area contributed by atoms with Gasteiger partial charge in [0.1, 0.15) is 17.7 Å². The molecule has 1 aliphatic heterocycles. The van der Waals surface area contributed by atoms with Gasteiger partial charge in [0.15, 0.2) is 0 Å². The van der Waals surface area contributed by atoms with Gasteiger partial charge in [0.05, 0.1) is 0 Å². The van der Waals surface area contributed by atoms with Gasteiger partial charge in [-0.25, -0.2) is 9.97 Å². The Morgan fingerprint density at radius 2 is 2.00 bits per heavy atom. The Morgan fingerprint density at radius 1 is 1.30 bits per heavy atom. The van der Waals surface area contributed by atoms with E-state index in [2.05, 4.69) is 37.7 Å². The van der Waals surface area contributed by atoms with E-state index >= 15 is 0 Å². The van der Waals surface area contributed by atoms with Crippen molar-refractivity contribution >= 4 is 11.7 Å². The number of carbonyl (C=O) groups excluding carboxylic acids is 1. The van der Waals surface area contributed by atoms with Gasteiger partial charge in [-0.05, 0) is 18.8 Å². The van der Waals surface area contributed by atoms with Crippen molar-refractivity contribution in [3.63, 3.8) is 0 Å². The number of anilines is 1. The molecule has 0 radical (unpaired) electrons. The van der Waals surface area contributed by atoms with E-state index in [9.17, 15) is 4.79 Å². The van der Waals surface area contributed by atoms with Crippen molar-refractivity contribution in [3.8, 4) is 0 Å². The van der Waals surface area contributed by atoms with Crippen LogP contribution in [-0.4, -0.2) is 28.5 Å². The molecule has 0 aromatic carbocycles. The smallest absolute Gasteiger partial charge is 0.240 e. The third-order valence-corrected chi connectivity index (χ3v) is 3.73. The molecule has 1 aromatic rings. The lowest BCUT2D eigenvalue weighted by molar-refractivity contribution is -0.119. The minimum absolute atomic E-state index is 0.232. The zero-order chi connectivity index (χ0) is 14.9. The van der Waals surface area contributed by atoms with Gasteiger partial charge in [0.25, 0.3) is 0 Å². The van der Waals surface area contributed by atoms with Crippen LogP contribution in [0.25, 0.3) is 0 Å². The molecule has 1 atom stereocenters. The number of hydrogen-bond donors (Lipinski definition) is 1. The minimum Gasteiger partial charge on any atom is -0.368 e. The van der Waals surface area contributed by atoms with Crippen molar-refractivity contribution < 1.29 is 4.79 Å². The third kappa shape index (κ3) is 2.92. The summed E-state index contributed by atoms with van der Waals surface area (Å²) in [5, 5.41) is 0. The molecule has 2 heterocycles. The van der Waals surface area contributed by atoms with Crippen LogP contribution in [0.5, 0.6) is 0 Å². The summed E-state index contributed by atoms with van der Waals surface area (Å²) in [7, 11) is 0. The average molecular weight is 276 g/mol. The maximum atomic E-state index is 11.6. The minimum atomic E-state index is -0.265. The van der Waals surface area contributed by atoms with E-state index in [4.69, 9.17) is 5.73 Å². The second kappa shape index (κ2) is 5.77. The SMILES string of the molecule is CC(C)c1cc(N2CCCC2C(N)=O)nc(C(C)C)n1. The van der Waals surface area contributed by atoms with Crippen molar-refractivity contribution in [2.24, 2.45) is 5.73 Å². The van der Waals surface area contributed by atoms with E-state index in [1.165, 1.54) is 0 Å². The zero-order valence-electron chi connectivity index (χ0n) is 12.8. The highest BCUT2D eigenvalue weighted by Crippen LogP contribution is 2.27.